The van der Waals surface area contributed by atoms with Crippen molar-refractivity contribution in [3.8, 4) is 0 Å². The van der Waals surface area contributed by atoms with Gasteiger partial charge in [-0.05, 0) is 37.5 Å². The fraction of sp³-hybridized carbons (Fsp3) is 0.737. The van der Waals surface area contributed by atoms with Gasteiger partial charge in [0.25, 0.3) is 0 Å². The molecule has 25 heavy (non-hydrogen) atoms. The van der Waals surface area contributed by atoms with Crippen molar-refractivity contribution in [2.75, 3.05) is 5.73 Å². The molecule has 2 heterocycles. The van der Waals surface area contributed by atoms with Crippen LogP contribution in [0.4, 0.5) is 5.69 Å². The molecule has 0 radical (unpaired) electrons. The highest BCUT2D eigenvalue weighted by Crippen LogP contribution is 2.45. The first kappa shape index (κ1) is 20.4. The summed E-state index contributed by atoms with van der Waals surface area (Å²) in [5.41, 5.74) is 6.65. The quantitative estimate of drug-likeness (QED) is 0.786. The van der Waals surface area contributed by atoms with E-state index in [0.29, 0.717) is 18.5 Å². The number of nitrogens with two attached hydrogens (primary N) is 1. The Kier molecular flexibility index (Phi) is 5.69. The minimum Gasteiger partial charge on any atom is -0.411 e. The summed E-state index contributed by atoms with van der Waals surface area (Å²) in [7, 11) is -2.03. The van der Waals surface area contributed by atoms with Gasteiger partial charge in [-0.1, -0.05) is 27.7 Å². The van der Waals surface area contributed by atoms with E-state index in [4.69, 9.17) is 14.9 Å². The maximum Gasteiger partial charge on any atom is 0.192 e. The standard InChI is InChI=1S/C19H34N2O3Si/c1-8-19(22)13(2)23-16(14-9-10-21-12-15(14)20)11-17(19)24-25(6,7)18(3,4)5/h9-10,12-13,16-17,22H,8,11,20H2,1-7H3. The van der Waals surface area contributed by atoms with Gasteiger partial charge in [-0.3, -0.25) is 4.98 Å². The van der Waals surface area contributed by atoms with Crippen LogP contribution in [0.25, 0.3) is 0 Å². The summed E-state index contributed by atoms with van der Waals surface area (Å²) in [5.74, 6) is 0. The smallest absolute Gasteiger partial charge is 0.192 e. The maximum absolute atomic E-state index is 11.3. The van der Waals surface area contributed by atoms with Crippen molar-refractivity contribution >= 4 is 14.0 Å². The lowest BCUT2D eigenvalue weighted by molar-refractivity contribution is -0.220. The summed E-state index contributed by atoms with van der Waals surface area (Å²) >= 11 is 0. The highest BCUT2D eigenvalue weighted by Gasteiger charge is 2.51. The lowest BCUT2D eigenvalue weighted by Crippen LogP contribution is -2.60. The minimum atomic E-state index is -2.03. The molecule has 1 aromatic heterocycles. The topological polar surface area (TPSA) is 77.6 Å². The fourth-order valence-electron chi connectivity index (χ4n) is 3.19. The van der Waals surface area contributed by atoms with E-state index < -0.39 is 13.9 Å². The average molecular weight is 367 g/mol. The molecular weight excluding hydrogens is 332 g/mol. The van der Waals surface area contributed by atoms with Gasteiger partial charge in [0.15, 0.2) is 8.32 Å². The van der Waals surface area contributed by atoms with Gasteiger partial charge in [-0.15, -0.1) is 0 Å². The lowest BCUT2D eigenvalue weighted by Gasteiger charge is -2.51. The molecule has 1 fully saturated rings. The summed E-state index contributed by atoms with van der Waals surface area (Å²) in [6, 6.07) is 1.90. The molecule has 0 spiro atoms. The van der Waals surface area contributed by atoms with Crippen LogP contribution in [0.5, 0.6) is 0 Å². The fourth-order valence-corrected chi connectivity index (χ4v) is 4.55. The number of aromatic nitrogens is 1. The molecule has 1 saturated heterocycles. The number of rotatable bonds is 4. The first-order valence-corrected chi connectivity index (χ1v) is 12.1. The molecule has 0 bridgehead atoms. The van der Waals surface area contributed by atoms with Crippen LogP contribution in [-0.2, 0) is 9.16 Å². The molecule has 1 aliphatic heterocycles. The van der Waals surface area contributed by atoms with Crippen LogP contribution >= 0.6 is 0 Å². The van der Waals surface area contributed by atoms with Gasteiger partial charge in [0.2, 0.25) is 0 Å². The molecule has 3 N–H and O–H groups in total. The van der Waals surface area contributed by atoms with Crippen LogP contribution in [0.3, 0.4) is 0 Å². The molecule has 142 valence electrons. The molecule has 0 amide bonds. The van der Waals surface area contributed by atoms with E-state index in [1.807, 2.05) is 19.9 Å². The predicted molar refractivity (Wildman–Crippen MR) is 104 cm³/mol. The first-order chi connectivity index (χ1) is 11.4. The molecule has 6 heteroatoms. The number of pyridine rings is 1. The zero-order chi connectivity index (χ0) is 19.0. The van der Waals surface area contributed by atoms with Crippen molar-refractivity contribution in [3.63, 3.8) is 0 Å². The van der Waals surface area contributed by atoms with Crippen LogP contribution in [-0.4, -0.2) is 36.2 Å². The first-order valence-electron chi connectivity index (χ1n) is 9.17. The molecule has 1 aromatic rings. The van der Waals surface area contributed by atoms with Gasteiger partial charge < -0.3 is 20.0 Å². The van der Waals surface area contributed by atoms with Crippen molar-refractivity contribution in [1.82, 2.24) is 4.98 Å². The van der Waals surface area contributed by atoms with Crippen molar-refractivity contribution in [2.45, 2.75) is 89.5 Å². The molecule has 0 aliphatic carbocycles. The van der Waals surface area contributed by atoms with Gasteiger partial charge in [0, 0.05) is 18.2 Å². The van der Waals surface area contributed by atoms with Crippen molar-refractivity contribution in [2.24, 2.45) is 0 Å². The highest BCUT2D eigenvalue weighted by atomic mass is 28.4. The number of hydrogen-bond donors (Lipinski definition) is 2. The van der Waals surface area contributed by atoms with Crippen LogP contribution in [0.1, 0.15) is 59.1 Å². The van der Waals surface area contributed by atoms with E-state index in [2.05, 4.69) is 38.8 Å². The Morgan fingerprint density at radius 2 is 2.08 bits per heavy atom. The number of ether oxygens (including phenoxy) is 1. The van der Waals surface area contributed by atoms with Gasteiger partial charge >= 0.3 is 0 Å². The molecule has 4 atom stereocenters. The van der Waals surface area contributed by atoms with E-state index in [1.54, 1.807) is 12.4 Å². The Bertz CT molecular complexity index is 603. The number of nitrogens with zero attached hydrogens (tertiary/aromatic N) is 1. The SMILES string of the molecule is CCC1(O)C(C)OC(c2ccncc2N)CC1O[Si](C)(C)C(C)(C)C. The number of hydrogen-bond acceptors (Lipinski definition) is 5. The molecule has 2 rings (SSSR count). The van der Waals surface area contributed by atoms with Crippen LogP contribution in [0, 0.1) is 0 Å². The summed E-state index contributed by atoms with van der Waals surface area (Å²) in [6.07, 6.45) is 3.75. The van der Waals surface area contributed by atoms with Gasteiger partial charge in [0.1, 0.15) is 5.60 Å². The Morgan fingerprint density at radius 1 is 1.44 bits per heavy atom. The third kappa shape index (κ3) is 3.92. The summed E-state index contributed by atoms with van der Waals surface area (Å²) < 4.78 is 12.8. The minimum absolute atomic E-state index is 0.0778. The van der Waals surface area contributed by atoms with Crippen molar-refractivity contribution in [1.29, 1.82) is 0 Å². The van der Waals surface area contributed by atoms with E-state index >= 15 is 0 Å². The Morgan fingerprint density at radius 3 is 2.60 bits per heavy atom. The zero-order valence-electron chi connectivity index (χ0n) is 16.7. The second-order valence-corrected chi connectivity index (χ2v) is 13.5. The third-order valence-electron chi connectivity index (χ3n) is 6.10. The van der Waals surface area contributed by atoms with Crippen LogP contribution < -0.4 is 5.73 Å². The Labute approximate surface area is 153 Å². The normalized spacial score (nSPS) is 31.1. The molecule has 5 nitrogen and oxygen atoms in total. The molecule has 0 aromatic carbocycles. The largest absolute Gasteiger partial charge is 0.411 e. The highest BCUT2D eigenvalue weighted by molar-refractivity contribution is 6.74. The number of aliphatic hydroxyl groups is 1. The second kappa shape index (κ2) is 6.99. The summed E-state index contributed by atoms with van der Waals surface area (Å²) in [5, 5.41) is 11.4. The Hall–Kier alpha value is -0.953. The second-order valence-electron chi connectivity index (χ2n) is 8.72. The number of nitrogen functional groups attached to an aromatic ring is 1. The van der Waals surface area contributed by atoms with Gasteiger partial charge in [-0.25, -0.2) is 0 Å². The van der Waals surface area contributed by atoms with Crippen molar-refractivity contribution in [3.05, 3.63) is 24.0 Å². The van der Waals surface area contributed by atoms with Crippen molar-refractivity contribution < 1.29 is 14.3 Å². The number of anilines is 1. The van der Waals surface area contributed by atoms with Gasteiger partial charge in [-0.2, -0.15) is 0 Å². The maximum atomic E-state index is 11.3. The third-order valence-corrected chi connectivity index (χ3v) is 10.6. The van der Waals surface area contributed by atoms with E-state index in [-0.39, 0.29) is 23.4 Å². The Balaban J connectivity index is 2.34. The van der Waals surface area contributed by atoms with Crippen LogP contribution in [0.15, 0.2) is 18.5 Å². The molecule has 4 unspecified atom stereocenters. The van der Waals surface area contributed by atoms with Gasteiger partial charge in [0.05, 0.1) is 30.2 Å². The van der Waals surface area contributed by atoms with E-state index in [0.717, 1.165) is 5.56 Å². The average Bonchev–Trinajstić information content (AvgIpc) is 2.50. The van der Waals surface area contributed by atoms with E-state index in [9.17, 15) is 5.11 Å². The van der Waals surface area contributed by atoms with E-state index in [1.165, 1.54) is 0 Å². The summed E-state index contributed by atoms with van der Waals surface area (Å²) in [6.45, 7) is 15.0. The van der Waals surface area contributed by atoms with Crippen LogP contribution in [0.2, 0.25) is 18.1 Å². The lowest BCUT2D eigenvalue weighted by atomic mass is 9.81. The molecule has 0 saturated carbocycles. The monoisotopic (exact) mass is 366 g/mol. The predicted octanol–water partition coefficient (Wildman–Crippen LogP) is 4.05. The zero-order valence-corrected chi connectivity index (χ0v) is 17.7. The molecular formula is C19H34N2O3Si. The summed E-state index contributed by atoms with van der Waals surface area (Å²) in [4.78, 5) is 4.06. The molecule has 1 aliphatic rings.